The number of rotatable bonds is 1. The summed E-state index contributed by atoms with van der Waals surface area (Å²) < 4.78 is 1.61. The van der Waals surface area contributed by atoms with Gasteiger partial charge in [-0.15, -0.1) is 0 Å². The summed E-state index contributed by atoms with van der Waals surface area (Å²) in [6.45, 7) is 6.11. The zero-order chi connectivity index (χ0) is 15.2. The van der Waals surface area contributed by atoms with Gasteiger partial charge in [0.15, 0.2) is 5.69 Å². The second-order valence-corrected chi connectivity index (χ2v) is 7.12. The molecular weight excluding hydrogens is 304 g/mol. The van der Waals surface area contributed by atoms with Gasteiger partial charge >= 0.3 is 0 Å². The summed E-state index contributed by atoms with van der Waals surface area (Å²) in [6.07, 6.45) is 0. The molecule has 21 heavy (non-hydrogen) atoms. The third-order valence-electron chi connectivity index (χ3n) is 3.12. The third-order valence-corrected chi connectivity index (χ3v) is 4.40. The molecule has 4 nitrogen and oxygen atoms in total. The van der Waals surface area contributed by atoms with Crippen LogP contribution in [-0.4, -0.2) is 14.6 Å². The predicted molar refractivity (Wildman–Crippen MR) is 84.7 cm³/mol. The lowest BCUT2D eigenvalue weighted by Gasteiger charge is -2.14. The number of benzene rings is 1. The van der Waals surface area contributed by atoms with E-state index >= 15 is 0 Å². The Labute approximate surface area is 131 Å². The van der Waals surface area contributed by atoms with E-state index in [0.717, 1.165) is 16.3 Å². The molecule has 6 heteroatoms. The summed E-state index contributed by atoms with van der Waals surface area (Å²) in [4.78, 5) is 5.30. The minimum absolute atomic E-state index is 0.191. The quantitative estimate of drug-likeness (QED) is 0.673. The largest absolute Gasteiger partial charge is 0.221 e. The second-order valence-electron chi connectivity index (χ2n) is 5.75. The smallest absolute Gasteiger partial charge is 0.214 e. The Morgan fingerprint density at radius 2 is 2.00 bits per heavy atom. The molecule has 0 bridgehead atoms. The molecule has 0 radical (unpaired) electrons. The van der Waals surface area contributed by atoms with E-state index in [1.165, 1.54) is 11.3 Å². The molecular formula is C15H13ClN4S. The van der Waals surface area contributed by atoms with Crippen molar-refractivity contribution in [1.82, 2.24) is 14.6 Å². The van der Waals surface area contributed by atoms with Crippen LogP contribution < -0.4 is 0 Å². The molecule has 0 fully saturated rings. The van der Waals surface area contributed by atoms with Gasteiger partial charge in [0.1, 0.15) is 11.1 Å². The van der Waals surface area contributed by atoms with Gasteiger partial charge < -0.3 is 0 Å². The third kappa shape index (κ3) is 2.31. The second kappa shape index (κ2) is 4.83. The van der Waals surface area contributed by atoms with Gasteiger partial charge in [-0.1, -0.05) is 61.9 Å². The molecule has 0 unspecified atom stereocenters. The highest BCUT2D eigenvalue weighted by molar-refractivity contribution is 7.19. The minimum atomic E-state index is -0.191. The Hall–Kier alpha value is -1.90. The minimum Gasteiger partial charge on any atom is -0.221 e. The van der Waals surface area contributed by atoms with E-state index in [0.29, 0.717) is 15.7 Å². The van der Waals surface area contributed by atoms with Gasteiger partial charge in [-0.05, 0) is 6.07 Å². The van der Waals surface area contributed by atoms with E-state index < -0.39 is 0 Å². The van der Waals surface area contributed by atoms with E-state index in [1.807, 2.05) is 45.0 Å². The Morgan fingerprint density at radius 1 is 1.29 bits per heavy atom. The molecule has 2 aromatic heterocycles. The van der Waals surface area contributed by atoms with Crippen molar-refractivity contribution >= 4 is 27.9 Å². The van der Waals surface area contributed by atoms with Crippen molar-refractivity contribution in [2.75, 3.05) is 0 Å². The molecule has 0 N–H and O–H groups in total. The standard InChI is InChI=1S/C15H13ClN4S/c1-15(2,3)12-11(8-17)20-14(18-12)21-13(19-20)9-6-4-5-7-10(9)16/h4-7H,1-3H3. The molecule has 0 aliphatic heterocycles. The van der Waals surface area contributed by atoms with Gasteiger partial charge in [-0.3, -0.25) is 0 Å². The fourth-order valence-corrected chi connectivity index (χ4v) is 3.34. The van der Waals surface area contributed by atoms with Crippen molar-refractivity contribution in [2.45, 2.75) is 26.2 Å². The van der Waals surface area contributed by atoms with Crippen LogP contribution in [0.3, 0.4) is 0 Å². The van der Waals surface area contributed by atoms with Crippen LogP contribution in [0.4, 0.5) is 0 Å². The van der Waals surface area contributed by atoms with Crippen molar-refractivity contribution in [3.05, 3.63) is 40.7 Å². The first kappa shape index (κ1) is 14.1. The summed E-state index contributed by atoms with van der Waals surface area (Å²) in [6, 6.07) is 9.75. The van der Waals surface area contributed by atoms with Crippen LogP contribution in [0, 0.1) is 11.3 Å². The van der Waals surface area contributed by atoms with Crippen molar-refractivity contribution in [2.24, 2.45) is 0 Å². The lowest BCUT2D eigenvalue weighted by molar-refractivity contribution is 0.570. The van der Waals surface area contributed by atoms with Gasteiger partial charge in [0.05, 0.1) is 10.7 Å². The lowest BCUT2D eigenvalue weighted by Crippen LogP contribution is -2.14. The van der Waals surface area contributed by atoms with E-state index in [4.69, 9.17) is 11.6 Å². The summed E-state index contributed by atoms with van der Waals surface area (Å²) in [7, 11) is 0. The molecule has 0 amide bonds. The number of hydrogen-bond donors (Lipinski definition) is 0. The maximum atomic E-state index is 9.43. The number of nitrogens with zero attached hydrogens (tertiary/aromatic N) is 4. The van der Waals surface area contributed by atoms with Gasteiger partial charge in [-0.2, -0.15) is 14.9 Å². The molecule has 106 valence electrons. The summed E-state index contributed by atoms with van der Waals surface area (Å²) >= 11 is 7.64. The van der Waals surface area contributed by atoms with Crippen LogP contribution in [0.2, 0.25) is 5.02 Å². The Balaban J connectivity index is 2.22. The Kier molecular flexibility index (Phi) is 3.23. The molecule has 3 aromatic rings. The Bertz CT molecular complexity index is 864. The van der Waals surface area contributed by atoms with Gasteiger partial charge in [0.2, 0.25) is 4.96 Å². The monoisotopic (exact) mass is 316 g/mol. The molecule has 0 aliphatic rings. The highest BCUT2D eigenvalue weighted by Gasteiger charge is 2.26. The van der Waals surface area contributed by atoms with Crippen molar-refractivity contribution < 1.29 is 0 Å². The topological polar surface area (TPSA) is 54.0 Å². The molecule has 3 rings (SSSR count). The average molecular weight is 317 g/mol. The van der Waals surface area contributed by atoms with Crippen LogP contribution in [0.1, 0.15) is 32.2 Å². The van der Waals surface area contributed by atoms with Crippen molar-refractivity contribution in [1.29, 1.82) is 5.26 Å². The van der Waals surface area contributed by atoms with E-state index in [-0.39, 0.29) is 5.41 Å². The van der Waals surface area contributed by atoms with Gasteiger partial charge in [-0.25, -0.2) is 4.98 Å². The molecule has 2 heterocycles. The highest BCUT2D eigenvalue weighted by atomic mass is 35.5. The Morgan fingerprint density at radius 3 is 2.62 bits per heavy atom. The van der Waals surface area contributed by atoms with Crippen molar-refractivity contribution in [3.63, 3.8) is 0 Å². The fourth-order valence-electron chi connectivity index (χ4n) is 2.12. The number of nitriles is 1. The van der Waals surface area contributed by atoms with E-state index in [1.54, 1.807) is 4.52 Å². The first-order valence-electron chi connectivity index (χ1n) is 6.47. The maximum Gasteiger partial charge on any atom is 0.214 e. The zero-order valence-electron chi connectivity index (χ0n) is 11.9. The number of aromatic nitrogens is 3. The molecule has 0 aliphatic carbocycles. The number of hydrogen-bond acceptors (Lipinski definition) is 4. The molecule has 0 spiro atoms. The number of imidazole rings is 1. The molecule has 0 atom stereocenters. The molecule has 1 aromatic carbocycles. The van der Waals surface area contributed by atoms with E-state index in [9.17, 15) is 5.26 Å². The SMILES string of the molecule is CC(C)(C)c1nc2sc(-c3ccccc3Cl)nn2c1C#N. The lowest BCUT2D eigenvalue weighted by atomic mass is 9.91. The first-order valence-corrected chi connectivity index (χ1v) is 7.66. The summed E-state index contributed by atoms with van der Waals surface area (Å²) in [5.74, 6) is 0. The molecule has 0 saturated carbocycles. The van der Waals surface area contributed by atoms with Crippen LogP contribution in [0.25, 0.3) is 15.5 Å². The van der Waals surface area contributed by atoms with Crippen LogP contribution in [0.15, 0.2) is 24.3 Å². The average Bonchev–Trinajstić information content (AvgIpc) is 2.95. The zero-order valence-corrected chi connectivity index (χ0v) is 13.5. The summed E-state index contributed by atoms with van der Waals surface area (Å²) in [5.41, 5.74) is 1.93. The molecule has 0 saturated heterocycles. The van der Waals surface area contributed by atoms with E-state index in [2.05, 4.69) is 16.2 Å². The number of halogens is 1. The normalized spacial score (nSPS) is 11.8. The van der Waals surface area contributed by atoms with Crippen LogP contribution in [-0.2, 0) is 5.41 Å². The van der Waals surface area contributed by atoms with Gasteiger partial charge in [0, 0.05) is 11.0 Å². The van der Waals surface area contributed by atoms with Gasteiger partial charge in [0.25, 0.3) is 0 Å². The fraction of sp³-hybridized carbons (Fsp3) is 0.267. The van der Waals surface area contributed by atoms with Crippen molar-refractivity contribution in [3.8, 4) is 16.6 Å². The number of fused-ring (bicyclic) bond motifs is 1. The first-order chi connectivity index (χ1) is 9.91. The van der Waals surface area contributed by atoms with Crippen LogP contribution >= 0.6 is 22.9 Å². The highest BCUT2D eigenvalue weighted by Crippen LogP contribution is 2.34. The predicted octanol–water partition coefficient (Wildman–Crippen LogP) is 4.28. The summed E-state index contributed by atoms with van der Waals surface area (Å²) in [5, 5.41) is 15.4. The maximum absolute atomic E-state index is 9.43. The van der Waals surface area contributed by atoms with Crippen LogP contribution in [0.5, 0.6) is 0 Å².